The molecule has 138 valence electrons. The predicted octanol–water partition coefficient (Wildman–Crippen LogP) is 2.54. The maximum Gasteiger partial charge on any atom is 0.314 e. The van der Waals surface area contributed by atoms with Gasteiger partial charge in [0.05, 0.1) is 0 Å². The lowest BCUT2D eigenvalue weighted by Crippen LogP contribution is -2.44. The highest BCUT2D eigenvalue weighted by atomic mass is 16.2. The van der Waals surface area contributed by atoms with Gasteiger partial charge in [0.1, 0.15) is 0 Å². The molecule has 1 aromatic carbocycles. The third kappa shape index (κ3) is 5.63. The third-order valence-electron chi connectivity index (χ3n) is 5.41. The number of nitrogens with one attached hydrogen (secondary N) is 2. The average molecular weight is 345 g/mol. The number of hydrogen-bond donors (Lipinski definition) is 2. The molecule has 0 spiro atoms. The number of likely N-dealkylation sites (tertiary alicyclic amines) is 1. The molecular weight excluding hydrogens is 312 g/mol. The average Bonchev–Trinajstić information content (AvgIpc) is 3.10. The second-order valence-corrected chi connectivity index (χ2v) is 7.62. The van der Waals surface area contributed by atoms with Crippen LogP contribution in [0.25, 0.3) is 0 Å². The molecular formula is C20H32N4O. The summed E-state index contributed by atoms with van der Waals surface area (Å²) in [6, 6.07) is 10.5. The standard InChI is InChI=1S/C20H32N4O/c1-17-6-5-11-23(15-17)13-10-21-20(25)22-14-18-9-12-24(16-18)19-7-3-2-4-8-19/h2-4,7-8,17-18H,5-6,9-16H2,1H3,(H2,21,22,25)/t17-,18+/m0/s1. The van der Waals surface area contributed by atoms with Crippen LogP contribution in [-0.2, 0) is 0 Å². The number of anilines is 1. The minimum Gasteiger partial charge on any atom is -0.371 e. The second-order valence-electron chi connectivity index (χ2n) is 7.62. The number of para-hydroxylation sites is 1. The first-order chi connectivity index (χ1) is 12.2. The van der Waals surface area contributed by atoms with Crippen LogP contribution in [0.2, 0.25) is 0 Å². The van der Waals surface area contributed by atoms with Crippen molar-refractivity contribution >= 4 is 11.7 Å². The van der Waals surface area contributed by atoms with E-state index in [1.165, 1.54) is 31.6 Å². The number of piperidine rings is 1. The van der Waals surface area contributed by atoms with E-state index in [1.807, 2.05) is 6.07 Å². The number of rotatable bonds is 6. The van der Waals surface area contributed by atoms with Crippen LogP contribution in [0.5, 0.6) is 0 Å². The lowest BCUT2D eigenvalue weighted by molar-refractivity contribution is 0.183. The third-order valence-corrected chi connectivity index (χ3v) is 5.41. The number of nitrogens with zero attached hydrogens (tertiary/aromatic N) is 2. The molecule has 0 aliphatic carbocycles. The topological polar surface area (TPSA) is 47.6 Å². The highest BCUT2D eigenvalue weighted by molar-refractivity contribution is 5.73. The van der Waals surface area contributed by atoms with Crippen molar-refractivity contribution in [3.63, 3.8) is 0 Å². The Kier molecular flexibility index (Phi) is 6.56. The molecule has 2 aliphatic rings. The molecule has 2 atom stereocenters. The Hall–Kier alpha value is -1.75. The van der Waals surface area contributed by atoms with Gasteiger partial charge in [-0.3, -0.25) is 0 Å². The van der Waals surface area contributed by atoms with Crippen molar-refractivity contribution in [2.75, 3.05) is 50.7 Å². The number of hydrogen-bond acceptors (Lipinski definition) is 3. The first kappa shape index (κ1) is 18.1. The Bertz CT molecular complexity index is 536. The van der Waals surface area contributed by atoms with E-state index in [4.69, 9.17) is 0 Å². The van der Waals surface area contributed by atoms with Crippen LogP contribution >= 0.6 is 0 Å². The molecule has 1 aromatic rings. The molecule has 2 aliphatic heterocycles. The molecule has 2 amide bonds. The van der Waals surface area contributed by atoms with E-state index in [9.17, 15) is 4.79 Å². The lowest BCUT2D eigenvalue weighted by atomic mass is 10.0. The van der Waals surface area contributed by atoms with Crippen LogP contribution in [0.1, 0.15) is 26.2 Å². The van der Waals surface area contributed by atoms with Gasteiger partial charge in [-0.1, -0.05) is 25.1 Å². The molecule has 2 saturated heterocycles. The van der Waals surface area contributed by atoms with Crippen molar-refractivity contribution in [1.82, 2.24) is 15.5 Å². The van der Waals surface area contributed by atoms with E-state index in [0.29, 0.717) is 5.92 Å². The Morgan fingerprint density at radius 2 is 1.96 bits per heavy atom. The minimum atomic E-state index is -0.0248. The number of benzene rings is 1. The van der Waals surface area contributed by atoms with Gasteiger partial charge < -0.3 is 20.4 Å². The van der Waals surface area contributed by atoms with Crippen LogP contribution < -0.4 is 15.5 Å². The summed E-state index contributed by atoms with van der Waals surface area (Å²) in [6.07, 6.45) is 3.76. The molecule has 0 unspecified atom stereocenters. The molecule has 0 radical (unpaired) electrons. The van der Waals surface area contributed by atoms with Crippen molar-refractivity contribution < 1.29 is 4.79 Å². The van der Waals surface area contributed by atoms with E-state index >= 15 is 0 Å². The molecule has 5 heteroatoms. The molecule has 0 bridgehead atoms. The molecule has 2 heterocycles. The van der Waals surface area contributed by atoms with Crippen molar-refractivity contribution in [2.24, 2.45) is 11.8 Å². The Balaban J connectivity index is 1.29. The SMILES string of the molecule is C[C@H]1CCCN(CCNC(=O)NC[C@H]2CCN(c3ccccc3)C2)C1. The maximum atomic E-state index is 12.0. The summed E-state index contributed by atoms with van der Waals surface area (Å²) in [5.41, 5.74) is 1.28. The van der Waals surface area contributed by atoms with Crippen LogP contribution in [0, 0.1) is 11.8 Å². The van der Waals surface area contributed by atoms with Gasteiger partial charge in [-0.05, 0) is 49.8 Å². The number of carbonyl (C=O) groups excluding carboxylic acids is 1. The zero-order valence-electron chi connectivity index (χ0n) is 15.4. The molecule has 25 heavy (non-hydrogen) atoms. The van der Waals surface area contributed by atoms with Gasteiger partial charge in [0.25, 0.3) is 0 Å². The van der Waals surface area contributed by atoms with E-state index in [2.05, 4.69) is 51.6 Å². The van der Waals surface area contributed by atoms with Crippen LogP contribution in [-0.4, -0.2) is 56.7 Å². The zero-order chi connectivity index (χ0) is 17.5. The van der Waals surface area contributed by atoms with Gasteiger partial charge in [-0.15, -0.1) is 0 Å². The molecule has 2 N–H and O–H groups in total. The summed E-state index contributed by atoms with van der Waals surface area (Å²) in [4.78, 5) is 16.9. The van der Waals surface area contributed by atoms with Gasteiger partial charge in [-0.25, -0.2) is 4.79 Å². The number of carbonyl (C=O) groups is 1. The fraction of sp³-hybridized carbons (Fsp3) is 0.650. The van der Waals surface area contributed by atoms with Gasteiger partial charge in [0, 0.05) is 45.0 Å². The van der Waals surface area contributed by atoms with E-state index < -0.39 is 0 Å². The summed E-state index contributed by atoms with van der Waals surface area (Å²) in [6.45, 7) is 9.21. The molecule has 0 saturated carbocycles. The van der Waals surface area contributed by atoms with E-state index in [1.54, 1.807) is 0 Å². The highest BCUT2D eigenvalue weighted by Crippen LogP contribution is 2.22. The smallest absolute Gasteiger partial charge is 0.314 e. The van der Waals surface area contributed by atoms with E-state index in [0.717, 1.165) is 45.1 Å². The van der Waals surface area contributed by atoms with Crippen molar-refractivity contribution in [3.05, 3.63) is 30.3 Å². The Morgan fingerprint density at radius 1 is 1.12 bits per heavy atom. The zero-order valence-corrected chi connectivity index (χ0v) is 15.4. The number of amides is 2. The first-order valence-corrected chi connectivity index (χ1v) is 9.75. The van der Waals surface area contributed by atoms with Crippen molar-refractivity contribution in [1.29, 1.82) is 0 Å². The largest absolute Gasteiger partial charge is 0.371 e. The maximum absolute atomic E-state index is 12.0. The molecule has 2 fully saturated rings. The summed E-state index contributed by atoms with van der Waals surface area (Å²) < 4.78 is 0. The molecule has 5 nitrogen and oxygen atoms in total. The van der Waals surface area contributed by atoms with Crippen LogP contribution in [0.3, 0.4) is 0 Å². The van der Waals surface area contributed by atoms with Gasteiger partial charge in [0.2, 0.25) is 0 Å². The first-order valence-electron chi connectivity index (χ1n) is 9.75. The normalized spacial score (nSPS) is 24.3. The summed E-state index contributed by atoms with van der Waals surface area (Å²) in [7, 11) is 0. The van der Waals surface area contributed by atoms with Crippen LogP contribution in [0.15, 0.2) is 30.3 Å². The monoisotopic (exact) mass is 344 g/mol. The quantitative estimate of drug-likeness (QED) is 0.834. The fourth-order valence-corrected chi connectivity index (χ4v) is 3.99. The summed E-state index contributed by atoms with van der Waals surface area (Å²) in [5, 5.41) is 6.05. The Morgan fingerprint density at radius 3 is 2.76 bits per heavy atom. The van der Waals surface area contributed by atoms with Crippen LogP contribution in [0.4, 0.5) is 10.5 Å². The molecule has 0 aromatic heterocycles. The van der Waals surface area contributed by atoms with Gasteiger partial charge in [0.15, 0.2) is 0 Å². The number of urea groups is 1. The fourth-order valence-electron chi connectivity index (χ4n) is 3.99. The second kappa shape index (κ2) is 9.09. The van der Waals surface area contributed by atoms with Crippen molar-refractivity contribution in [2.45, 2.75) is 26.2 Å². The highest BCUT2D eigenvalue weighted by Gasteiger charge is 2.23. The van der Waals surface area contributed by atoms with Gasteiger partial charge in [-0.2, -0.15) is 0 Å². The van der Waals surface area contributed by atoms with E-state index in [-0.39, 0.29) is 6.03 Å². The lowest BCUT2D eigenvalue weighted by Gasteiger charge is -2.30. The predicted molar refractivity (Wildman–Crippen MR) is 103 cm³/mol. The summed E-state index contributed by atoms with van der Waals surface area (Å²) >= 11 is 0. The van der Waals surface area contributed by atoms with Crippen molar-refractivity contribution in [3.8, 4) is 0 Å². The Labute approximate surface area is 151 Å². The summed E-state index contributed by atoms with van der Waals surface area (Å²) in [5.74, 6) is 1.33. The minimum absolute atomic E-state index is 0.0248. The molecule has 3 rings (SSSR count). The van der Waals surface area contributed by atoms with Gasteiger partial charge >= 0.3 is 6.03 Å².